The lowest BCUT2D eigenvalue weighted by molar-refractivity contribution is 0.0684. The molecule has 19 heavy (non-hydrogen) atoms. The van der Waals surface area contributed by atoms with Gasteiger partial charge in [0, 0.05) is 26.8 Å². The van der Waals surface area contributed by atoms with E-state index >= 15 is 0 Å². The van der Waals surface area contributed by atoms with Gasteiger partial charge in [-0.2, -0.15) is 0 Å². The summed E-state index contributed by atoms with van der Waals surface area (Å²) < 4.78 is 5.35. The van der Waals surface area contributed by atoms with Crippen LogP contribution in [0, 0.1) is 5.92 Å². The van der Waals surface area contributed by atoms with Crippen LogP contribution in [-0.2, 0) is 11.2 Å². The number of carboxylic acid groups (broad SMARTS) is 1. The molecule has 2 rings (SSSR count). The van der Waals surface area contributed by atoms with Gasteiger partial charge in [0.2, 0.25) is 0 Å². The minimum absolute atomic E-state index is 0.372. The third-order valence-electron chi connectivity index (χ3n) is 3.41. The lowest BCUT2D eigenvalue weighted by Crippen LogP contribution is -2.29. The van der Waals surface area contributed by atoms with Crippen molar-refractivity contribution in [2.24, 2.45) is 5.92 Å². The van der Waals surface area contributed by atoms with Crippen molar-refractivity contribution in [1.29, 1.82) is 0 Å². The molecule has 0 aliphatic carbocycles. The van der Waals surface area contributed by atoms with E-state index < -0.39 is 5.97 Å². The van der Waals surface area contributed by atoms with Crippen LogP contribution in [0.5, 0.6) is 0 Å². The Morgan fingerprint density at radius 3 is 2.74 bits per heavy atom. The fourth-order valence-corrected chi connectivity index (χ4v) is 3.27. The molecule has 0 saturated carbocycles. The van der Waals surface area contributed by atoms with E-state index in [4.69, 9.17) is 9.84 Å². The van der Waals surface area contributed by atoms with Gasteiger partial charge in [-0.3, -0.25) is 0 Å². The number of hydrogen-bond donors (Lipinski definition) is 1. The van der Waals surface area contributed by atoms with E-state index in [0.29, 0.717) is 22.9 Å². The van der Waals surface area contributed by atoms with Gasteiger partial charge in [-0.1, -0.05) is 18.3 Å². The molecule has 0 unspecified atom stereocenters. The zero-order valence-corrected chi connectivity index (χ0v) is 12.2. The smallest absolute Gasteiger partial charge is 0.347 e. The summed E-state index contributed by atoms with van der Waals surface area (Å²) in [5.41, 5.74) is 0.686. The van der Waals surface area contributed by atoms with Gasteiger partial charge in [0.05, 0.1) is 5.69 Å². The number of anilines is 1. The summed E-state index contributed by atoms with van der Waals surface area (Å²) in [6.07, 6.45) is 2.80. The highest BCUT2D eigenvalue weighted by atomic mass is 32.1. The Bertz CT molecular complexity index is 441. The molecular formula is C13H20N2O3S. The first-order valence-corrected chi connectivity index (χ1v) is 7.45. The largest absolute Gasteiger partial charge is 0.477 e. The predicted octanol–water partition coefficient (Wildman–Crippen LogP) is 2.27. The molecule has 6 heteroatoms. The van der Waals surface area contributed by atoms with Gasteiger partial charge in [0.15, 0.2) is 5.13 Å². The van der Waals surface area contributed by atoms with Crippen molar-refractivity contribution in [3.8, 4) is 0 Å². The standard InChI is InChI=1S/C13H20N2O3S/c1-3-10-11(12(16)17)19-13(14-10)15(2)8-9-4-6-18-7-5-9/h9H,3-8H2,1-2H3,(H,16,17). The summed E-state index contributed by atoms with van der Waals surface area (Å²) in [5, 5.41) is 9.95. The normalized spacial score (nSPS) is 16.5. The molecule has 0 radical (unpaired) electrons. The molecule has 5 nitrogen and oxygen atoms in total. The highest BCUT2D eigenvalue weighted by Gasteiger charge is 2.21. The Morgan fingerprint density at radius 2 is 2.21 bits per heavy atom. The first-order chi connectivity index (χ1) is 9.11. The minimum Gasteiger partial charge on any atom is -0.477 e. The third kappa shape index (κ3) is 3.45. The molecule has 2 heterocycles. The lowest BCUT2D eigenvalue weighted by Gasteiger charge is -2.26. The molecule has 0 spiro atoms. The van der Waals surface area contributed by atoms with Crippen LogP contribution in [0.15, 0.2) is 0 Å². The molecule has 0 bridgehead atoms. The highest BCUT2D eigenvalue weighted by Crippen LogP contribution is 2.27. The monoisotopic (exact) mass is 284 g/mol. The van der Waals surface area contributed by atoms with Gasteiger partial charge >= 0.3 is 5.97 Å². The average Bonchev–Trinajstić information content (AvgIpc) is 2.84. The predicted molar refractivity (Wildman–Crippen MR) is 75.3 cm³/mol. The first-order valence-electron chi connectivity index (χ1n) is 6.63. The summed E-state index contributed by atoms with van der Waals surface area (Å²) in [5.74, 6) is -0.263. The number of aromatic carboxylic acids is 1. The van der Waals surface area contributed by atoms with E-state index in [2.05, 4.69) is 9.88 Å². The average molecular weight is 284 g/mol. The Kier molecular flexibility index (Phi) is 4.76. The van der Waals surface area contributed by atoms with Gasteiger partial charge < -0.3 is 14.7 Å². The molecule has 1 fully saturated rings. The van der Waals surface area contributed by atoms with Crippen LogP contribution in [-0.4, -0.2) is 42.9 Å². The zero-order chi connectivity index (χ0) is 13.8. The zero-order valence-electron chi connectivity index (χ0n) is 11.4. The van der Waals surface area contributed by atoms with Gasteiger partial charge in [-0.15, -0.1) is 0 Å². The number of thiazole rings is 1. The Hall–Kier alpha value is -1.14. The molecule has 1 aliphatic heterocycles. The Balaban J connectivity index is 2.05. The topological polar surface area (TPSA) is 62.7 Å². The quantitative estimate of drug-likeness (QED) is 0.898. The summed E-state index contributed by atoms with van der Waals surface area (Å²) in [6, 6.07) is 0. The highest BCUT2D eigenvalue weighted by molar-refractivity contribution is 7.17. The number of carboxylic acids is 1. The van der Waals surface area contributed by atoms with Crippen LogP contribution in [0.2, 0.25) is 0 Å². The van der Waals surface area contributed by atoms with Crippen molar-refractivity contribution in [2.75, 3.05) is 31.7 Å². The molecule has 0 aromatic carbocycles. The van der Waals surface area contributed by atoms with Gasteiger partial charge in [0.25, 0.3) is 0 Å². The van der Waals surface area contributed by atoms with Gasteiger partial charge in [0.1, 0.15) is 4.88 Å². The maximum absolute atomic E-state index is 11.1. The lowest BCUT2D eigenvalue weighted by atomic mass is 10.0. The molecule has 1 aromatic heterocycles. The molecule has 106 valence electrons. The molecule has 1 aromatic rings. The maximum atomic E-state index is 11.1. The van der Waals surface area contributed by atoms with E-state index in [-0.39, 0.29) is 0 Å². The number of rotatable bonds is 5. The van der Waals surface area contributed by atoms with Crippen molar-refractivity contribution >= 4 is 22.4 Å². The van der Waals surface area contributed by atoms with Crippen LogP contribution >= 0.6 is 11.3 Å². The summed E-state index contributed by atoms with van der Waals surface area (Å²) >= 11 is 1.27. The van der Waals surface area contributed by atoms with E-state index in [9.17, 15) is 4.79 Å². The van der Waals surface area contributed by atoms with Crippen LogP contribution in [0.25, 0.3) is 0 Å². The number of nitrogens with zero attached hydrogens (tertiary/aromatic N) is 2. The Labute approximate surface area is 117 Å². The fourth-order valence-electron chi connectivity index (χ4n) is 2.30. The second-order valence-electron chi connectivity index (χ2n) is 4.87. The first kappa shape index (κ1) is 14.3. The van der Waals surface area contributed by atoms with Crippen LogP contribution in [0.1, 0.15) is 35.1 Å². The Morgan fingerprint density at radius 1 is 1.53 bits per heavy atom. The number of hydrogen-bond acceptors (Lipinski definition) is 5. The molecule has 0 amide bonds. The number of carbonyl (C=O) groups is 1. The van der Waals surface area contributed by atoms with E-state index in [1.54, 1.807) is 0 Å². The second-order valence-corrected chi connectivity index (χ2v) is 5.84. The van der Waals surface area contributed by atoms with E-state index in [1.165, 1.54) is 11.3 Å². The summed E-state index contributed by atoms with van der Waals surface area (Å²) in [4.78, 5) is 18.0. The molecule has 1 saturated heterocycles. The SMILES string of the molecule is CCc1nc(N(C)CC2CCOCC2)sc1C(=O)O. The van der Waals surface area contributed by atoms with Crippen molar-refractivity contribution < 1.29 is 14.6 Å². The maximum Gasteiger partial charge on any atom is 0.347 e. The summed E-state index contributed by atoms with van der Waals surface area (Å²) in [7, 11) is 1.99. The summed E-state index contributed by atoms with van der Waals surface area (Å²) in [6.45, 7) is 4.51. The van der Waals surface area contributed by atoms with Crippen molar-refractivity contribution in [1.82, 2.24) is 4.98 Å². The van der Waals surface area contributed by atoms with E-state index in [1.807, 2.05) is 14.0 Å². The molecular weight excluding hydrogens is 264 g/mol. The molecule has 0 atom stereocenters. The minimum atomic E-state index is -0.875. The van der Waals surface area contributed by atoms with Crippen LogP contribution in [0.4, 0.5) is 5.13 Å². The van der Waals surface area contributed by atoms with Gasteiger partial charge in [-0.25, -0.2) is 9.78 Å². The second kappa shape index (κ2) is 6.34. The van der Waals surface area contributed by atoms with Crippen LogP contribution < -0.4 is 4.90 Å². The number of ether oxygens (including phenoxy) is 1. The molecule has 1 N–H and O–H groups in total. The van der Waals surface area contributed by atoms with Gasteiger partial charge in [-0.05, 0) is 25.2 Å². The van der Waals surface area contributed by atoms with Crippen molar-refractivity contribution in [3.63, 3.8) is 0 Å². The van der Waals surface area contributed by atoms with Crippen molar-refractivity contribution in [2.45, 2.75) is 26.2 Å². The van der Waals surface area contributed by atoms with E-state index in [0.717, 1.165) is 37.7 Å². The third-order valence-corrected chi connectivity index (χ3v) is 4.61. The number of aryl methyl sites for hydroxylation is 1. The number of aromatic nitrogens is 1. The molecule has 1 aliphatic rings. The van der Waals surface area contributed by atoms with Crippen molar-refractivity contribution in [3.05, 3.63) is 10.6 Å². The fraction of sp³-hybridized carbons (Fsp3) is 0.692. The van der Waals surface area contributed by atoms with Crippen LogP contribution in [0.3, 0.4) is 0 Å².